The molecule has 4 aromatic rings. The number of pyridine rings is 2. The summed E-state index contributed by atoms with van der Waals surface area (Å²) in [6.07, 6.45) is 0. The number of rotatable bonds is 7. The van der Waals surface area contributed by atoms with Crippen LogP contribution in [0.4, 0.5) is 0 Å². The minimum atomic E-state index is 0.0953. The Labute approximate surface area is 186 Å². The van der Waals surface area contributed by atoms with Crippen molar-refractivity contribution in [2.24, 2.45) is 0 Å². The number of phenols is 2. The molecule has 4 rings (SSSR count). The Morgan fingerprint density at radius 2 is 0.938 bits per heavy atom. The second kappa shape index (κ2) is 9.39. The second-order valence-corrected chi connectivity index (χ2v) is 6.98. The van der Waals surface area contributed by atoms with E-state index in [0.29, 0.717) is 58.6 Å². The Kier molecular flexibility index (Phi) is 6.22. The molecule has 0 unspecified atom stereocenters. The van der Waals surface area contributed by atoms with Gasteiger partial charge < -0.3 is 19.7 Å². The van der Waals surface area contributed by atoms with Crippen LogP contribution in [0.1, 0.15) is 13.8 Å². The molecule has 6 heteroatoms. The van der Waals surface area contributed by atoms with Crippen molar-refractivity contribution in [3.63, 3.8) is 0 Å². The van der Waals surface area contributed by atoms with E-state index in [9.17, 15) is 10.2 Å². The SMILES string of the molecule is CCOc1cccc(O)c1-c1cccc(-c2cccc(-c3c(O)cccc3OCC)n2)n1. The fourth-order valence-corrected chi connectivity index (χ4v) is 3.54. The van der Waals surface area contributed by atoms with E-state index in [2.05, 4.69) is 0 Å². The summed E-state index contributed by atoms with van der Waals surface area (Å²) in [6.45, 7) is 4.73. The number of benzene rings is 2. The van der Waals surface area contributed by atoms with Gasteiger partial charge in [-0.1, -0.05) is 24.3 Å². The predicted octanol–water partition coefficient (Wildman–Crippen LogP) is 5.69. The molecule has 0 amide bonds. The maximum atomic E-state index is 10.5. The van der Waals surface area contributed by atoms with Crippen molar-refractivity contribution in [1.82, 2.24) is 9.97 Å². The smallest absolute Gasteiger partial charge is 0.132 e. The van der Waals surface area contributed by atoms with Crippen LogP contribution >= 0.6 is 0 Å². The van der Waals surface area contributed by atoms with Crippen LogP contribution < -0.4 is 9.47 Å². The fraction of sp³-hybridized carbons (Fsp3) is 0.154. The highest BCUT2D eigenvalue weighted by Crippen LogP contribution is 2.39. The first-order chi connectivity index (χ1) is 15.6. The normalized spacial score (nSPS) is 10.7. The monoisotopic (exact) mass is 428 g/mol. The molecule has 0 spiro atoms. The van der Waals surface area contributed by atoms with Gasteiger partial charge in [0, 0.05) is 0 Å². The van der Waals surface area contributed by atoms with Crippen molar-refractivity contribution in [2.45, 2.75) is 13.8 Å². The van der Waals surface area contributed by atoms with Crippen LogP contribution in [0.2, 0.25) is 0 Å². The number of hydrogen-bond donors (Lipinski definition) is 2. The van der Waals surface area contributed by atoms with Gasteiger partial charge in [-0.25, -0.2) is 9.97 Å². The topological polar surface area (TPSA) is 84.7 Å². The van der Waals surface area contributed by atoms with Gasteiger partial charge in [-0.05, 0) is 62.4 Å². The average Bonchev–Trinajstić information content (AvgIpc) is 2.80. The molecule has 0 aliphatic rings. The van der Waals surface area contributed by atoms with Gasteiger partial charge in [0.15, 0.2) is 0 Å². The van der Waals surface area contributed by atoms with E-state index in [1.807, 2.05) is 50.2 Å². The Balaban J connectivity index is 1.79. The van der Waals surface area contributed by atoms with E-state index in [1.54, 1.807) is 36.4 Å². The van der Waals surface area contributed by atoms with Crippen LogP contribution in [0.25, 0.3) is 33.9 Å². The van der Waals surface area contributed by atoms with Gasteiger partial charge in [0.1, 0.15) is 23.0 Å². The summed E-state index contributed by atoms with van der Waals surface area (Å²) < 4.78 is 11.4. The van der Waals surface area contributed by atoms with Gasteiger partial charge in [-0.15, -0.1) is 0 Å². The number of aromatic hydroxyl groups is 2. The maximum absolute atomic E-state index is 10.5. The third kappa shape index (κ3) is 4.21. The zero-order valence-electron chi connectivity index (χ0n) is 17.9. The molecule has 2 heterocycles. The Hall–Kier alpha value is -4.06. The Bertz CT molecular complexity index is 1140. The highest BCUT2D eigenvalue weighted by Gasteiger charge is 2.16. The van der Waals surface area contributed by atoms with E-state index in [0.717, 1.165) is 0 Å². The van der Waals surface area contributed by atoms with Crippen molar-refractivity contribution in [2.75, 3.05) is 13.2 Å². The molecule has 2 aromatic heterocycles. The molecule has 2 aromatic carbocycles. The molecule has 2 N–H and O–H groups in total. The summed E-state index contributed by atoms with van der Waals surface area (Å²) in [5.41, 5.74) is 3.48. The van der Waals surface area contributed by atoms with E-state index in [-0.39, 0.29) is 11.5 Å². The summed E-state index contributed by atoms with van der Waals surface area (Å²) >= 11 is 0. The third-order valence-electron chi connectivity index (χ3n) is 4.88. The summed E-state index contributed by atoms with van der Waals surface area (Å²) in [7, 11) is 0. The van der Waals surface area contributed by atoms with Crippen molar-refractivity contribution in [3.8, 4) is 56.9 Å². The van der Waals surface area contributed by atoms with Crippen molar-refractivity contribution >= 4 is 0 Å². The molecule has 0 aliphatic heterocycles. The average molecular weight is 428 g/mol. The zero-order valence-corrected chi connectivity index (χ0v) is 17.9. The van der Waals surface area contributed by atoms with Crippen molar-refractivity contribution in [1.29, 1.82) is 0 Å². The molecule has 162 valence electrons. The molecular weight excluding hydrogens is 404 g/mol. The maximum Gasteiger partial charge on any atom is 0.132 e. The van der Waals surface area contributed by atoms with E-state index in [4.69, 9.17) is 19.4 Å². The molecule has 0 bridgehead atoms. The molecule has 32 heavy (non-hydrogen) atoms. The second-order valence-electron chi connectivity index (χ2n) is 6.98. The third-order valence-corrected chi connectivity index (χ3v) is 4.88. The van der Waals surface area contributed by atoms with Crippen LogP contribution in [0.15, 0.2) is 72.8 Å². The fourth-order valence-electron chi connectivity index (χ4n) is 3.54. The minimum Gasteiger partial charge on any atom is -0.507 e. The quantitative estimate of drug-likeness (QED) is 0.394. The van der Waals surface area contributed by atoms with E-state index in [1.165, 1.54) is 0 Å². The summed E-state index contributed by atoms with van der Waals surface area (Å²) in [5.74, 6) is 1.32. The molecule has 0 fully saturated rings. The van der Waals surface area contributed by atoms with E-state index < -0.39 is 0 Å². The van der Waals surface area contributed by atoms with Crippen LogP contribution in [0.5, 0.6) is 23.0 Å². The standard InChI is InChI=1S/C26H24N2O4/c1-3-31-23-15-7-13-21(29)25(23)19-11-5-9-17(27-19)18-10-6-12-20(28-18)26-22(30)14-8-16-24(26)32-4-2/h5-16,29-30H,3-4H2,1-2H3. The van der Waals surface area contributed by atoms with Crippen LogP contribution in [-0.4, -0.2) is 33.4 Å². The number of nitrogens with zero attached hydrogens (tertiary/aromatic N) is 2. The highest BCUT2D eigenvalue weighted by atomic mass is 16.5. The van der Waals surface area contributed by atoms with Gasteiger partial charge in [-0.3, -0.25) is 0 Å². The number of hydrogen-bond acceptors (Lipinski definition) is 6. The molecule has 0 radical (unpaired) electrons. The Morgan fingerprint density at radius 1 is 0.562 bits per heavy atom. The lowest BCUT2D eigenvalue weighted by molar-refractivity contribution is 0.339. The van der Waals surface area contributed by atoms with Crippen LogP contribution in [-0.2, 0) is 0 Å². The molecule has 0 saturated heterocycles. The van der Waals surface area contributed by atoms with Crippen LogP contribution in [0, 0.1) is 0 Å². The zero-order chi connectivity index (χ0) is 22.5. The van der Waals surface area contributed by atoms with Gasteiger partial charge in [0.2, 0.25) is 0 Å². The predicted molar refractivity (Wildman–Crippen MR) is 124 cm³/mol. The summed E-state index contributed by atoms with van der Waals surface area (Å²) in [4.78, 5) is 9.47. The molecular formula is C26H24N2O4. The summed E-state index contributed by atoms with van der Waals surface area (Å²) in [5, 5.41) is 20.9. The van der Waals surface area contributed by atoms with Crippen LogP contribution in [0.3, 0.4) is 0 Å². The summed E-state index contributed by atoms with van der Waals surface area (Å²) in [6, 6.07) is 21.4. The lowest BCUT2D eigenvalue weighted by atomic mass is 10.1. The molecule has 6 nitrogen and oxygen atoms in total. The molecule has 0 atom stereocenters. The highest BCUT2D eigenvalue weighted by molar-refractivity contribution is 5.77. The lowest BCUT2D eigenvalue weighted by Crippen LogP contribution is -1.98. The van der Waals surface area contributed by atoms with Crippen molar-refractivity contribution < 1.29 is 19.7 Å². The van der Waals surface area contributed by atoms with Gasteiger partial charge in [0.05, 0.1) is 47.1 Å². The number of aromatic nitrogens is 2. The Morgan fingerprint density at radius 3 is 1.34 bits per heavy atom. The molecule has 0 aliphatic carbocycles. The first-order valence-electron chi connectivity index (χ1n) is 10.5. The van der Waals surface area contributed by atoms with Crippen molar-refractivity contribution in [3.05, 3.63) is 72.8 Å². The number of phenolic OH excluding ortho intramolecular Hbond substituents is 2. The lowest BCUT2D eigenvalue weighted by Gasteiger charge is -2.13. The van der Waals surface area contributed by atoms with Gasteiger partial charge in [0.25, 0.3) is 0 Å². The van der Waals surface area contributed by atoms with Gasteiger partial charge in [-0.2, -0.15) is 0 Å². The minimum absolute atomic E-state index is 0.0953. The van der Waals surface area contributed by atoms with E-state index >= 15 is 0 Å². The first-order valence-corrected chi connectivity index (χ1v) is 10.5. The largest absolute Gasteiger partial charge is 0.507 e. The number of ether oxygens (including phenoxy) is 2. The molecule has 0 saturated carbocycles. The van der Waals surface area contributed by atoms with Gasteiger partial charge >= 0.3 is 0 Å². The first kappa shape index (κ1) is 21.2.